The quantitative estimate of drug-likeness (QED) is 0.603. The molecule has 1 heterocycles. The monoisotopic (exact) mass is 397 g/mol. The smallest absolute Gasteiger partial charge is 0.263 e. The van der Waals surface area contributed by atoms with Crippen molar-refractivity contribution in [1.29, 1.82) is 0 Å². The number of nitrogens with zero attached hydrogens (tertiary/aromatic N) is 1. The maximum Gasteiger partial charge on any atom is 0.263 e. The molecule has 0 radical (unpaired) electrons. The van der Waals surface area contributed by atoms with Gasteiger partial charge in [-0.15, -0.1) is 0 Å². The van der Waals surface area contributed by atoms with Gasteiger partial charge in [0.15, 0.2) is 0 Å². The number of rotatable bonds is 7. The molecular formula is C21H23N3O3S. The summed E-state index contributed by atoms with van der Waals surface area (Å²) in [6.07, 6.45) is 1.61. The number of aromatic nitrogens is 1. The van der Waals surface area contributed by atoms with E-state index in [-0.39, 0.29) is 16.8 Å². The standard InChI is InChI=1S/C21H23N3O3S/c1-15(2)27-19-8-10-20(11-9-19)28(25,26)24-21-12-7-18(14-22-21)23-17-6-4-5-16(3)13-17/h4-15,23H,1-3H3,(H,22,24). The van der Waals surface area contributed by atoms with Gasteiger partial charge in [0, 0.05) is 5.69 Å². The van der Waals surface area contributed by atoms with E-state index in [4.69, 9.17) is 4.74 Å². The second-order valence-corrected chi connectivity index (χ2v) is 8.35. The summed E-state index contributed by atoms with van der Waals surface area (Å²) in [6, 6.07) is 17.6. The number of hydrogen-bond acceptors (Lipinski definition) is 5. The largest absolute Gasteiger partial charge is 0.491 e. The highest BCUT2D eigenvalue weighted by molar-refractivity contribution is 7.92. The highest BCUT2D eigenvalue weighted by Gasteiger charge is 2.15. The first-order valence-electron chi connectivity index (χ1n) is 8.91. The Bertz CT molecular complexity index is 1030. The second kappa shape index (κ2) is 8.31. The van der Waals surface area contributed by atoms with Crippen molar-refractivity contribution < 1.29 is 13.2 Å². The Hall–Kier alpha value is -3.06. The molecule has 0 aliphatic rings. The van der Waals surface area contributed by atoms with Crippen molar-refractivity contribution in [2.75, 3.05) is 10.0 Å². The molecule has 1 aromatic heterocycles. The van der Waals surface area contributed by atoms with E-state index < -0.39 is 10.0 Å². The highest BCUT2D eigenvalue weighted by atomic mass is 32.2. The minimum atomic E-state index is -3.72. The molecule has 28 heavy (non-hydrogen) atoms. The van der Waals surface area contributed by atoms with E-state index in [1.165, 1.54) is 12.1 Å². The van der Waals surface area contributed by atoms with Crippen molar-refractivity contribution in [2.45, 2.75) is 31.8 Å². The Balaban J connectivity index is 1.68. The molecule has 0 saturated heterocycles. The molecule has 0 spiro atoms. The van der Waals surface area contributed by atoms with Crippen molar-refractivity contribution in [2.24, 2.45) is 0 Å². The average molecular weight is 398 g/mol. The molecular weight excluding hydrogens is 374 g/mol. The van der Waals surface area contributed by atoms with Crippen molar-refractivity contribution in [3.8, 4) is 5.75 Å². The van der Waals surface area contributed by atoms with Gasteiger partial charge in [0.2, 0.25) is 0 Å². The van der Waals surface area contributed by atoms with Crippen LogP contribution in [0.5, 0.6) is 5.75 Å². The Labute approximate surface area is 165 Å². The van der Waals surface area contributed by atoms with Gasteiger partial charge < -0.3 is 10.1 Å². The lowest BCUT2D eigenvalue weighted by molar-refractivity contribution is 0.242. The van der Waals surface area contributed by atoms with Crippen molar-refractivity contribution in [1.82, 2.24) is 4.98 Å². The van der Waals surface area contributed by atoms with Gasteiger partial charge >= 0.3 is 0 Å². The summed E-state index contributed by atoms with van der Waals surface area (Å²) in [6.45, 7) is 5.84. The van der Waals surface area contributed by atoms with Crippen LogP contribution in [-0.2, 0) is 10.0 Å². The Kier molecular flexibility index (Phi) is 5.84. The summed E-state index contributed by atoms with van der Waals surface area (Å²) in [4.78, 5) is 4.33. The third kappa shape index (κ3) is 5.23. The molecule has 0 bridgehead atoms. The lowest BCUT2D eigenvalue weighted by Crippen LogP contribution is -2.14. The first-order valence-corrected chi connectivity index (χ1v) is 10.4. The van der Waals surface area contributed by atoms with Crippen molar-refractivity contribution >= 4 is 27.2 Å². The fourth-order valence-electron chi connectivity index (χ4n) is 2.58. The normalized spacial score (nSPS) is 11.3. The lowest BCUT2D eigenvalue weighted by atomic mass is 10.2. The fraction of sp³-hybridized carbons (Fsp3) is 0.190. The van der Waals surface area contributed by atoms with Crippen LogP contribution in [0, 0.1) is 6.92 Å². The van der Waals surface area contributed by atoms with Gasteiger partial charge in [-0.05, 0) is 74.9 Å². The van der Waals surface area contributed by atoms with Crippen LogP contribution in [0.25, 0.3) is 0 Å². The number of aryl methyl sites for hydroxylation is 1. The molecule has 0 amide bonds. The molecule has 7 heteroatoms. The van der Waals surface area contributed by atoms with E-state index in [1.807, 2.05) is 45.0 Å². The zero-order valence-electron chi connectivity index (χ0n) is 16.0. The van der Waals surface area contributed by atoms with Crippen LogP contribution in [0.1, 0.15) is 19.4 Å². The maximum absolute atomic E-state index is 12.5. The van der Waals surface area contributed by atoms with E-state index in [2.05, 4.69) is 15.0 Å². The summed E-state index contributed by atoms with van der Waals surface area (Å²) >= 11 is 0. The summed E-state index contributed by atoms with van der Waals surface area (Å²) in [5, 5.41) is 3.23. The Morgan fingerprint density at radius 1 is 0.964 bits per heavy atom. The molecule has 0 fully saturated rings. The van der Waals surface area contributed by atoms with Crippen LogP contribution in [0.3, 0.4) is 0 Å². The zero-order valence-corrected chi connectivity index (χ0v) is 16.8. The Morgan fingerprint density at radius 2 is 1.71 bits per heavy atom. The summed E-state index contributed by atoms with van der Waals surface area (Å²) < 4.78 is 33.1. The maximum atomic E-state index is 12.5. The number of ether oxygens (including phenoxy) is 1. The first kappa shape index (κ1) is 19.7. The molecule has 0 aliphatic heterocycles. The van der Waals surface area contributed by atoms with Crippen LogP contribution >= 0.6 is 0 Å². The van der Waals surface area contributed by atoms with E-state index in [0.717, 1.165) is 16.9 Å². The summed E-state index contributed by atoms with van der Waals surface area (Å²) in [7, 11) is -3.72. The van der Waals surface area contributed by atoms with Crippen LogP contribution in [0.2, 0.25) is 0 Å². The number of anilines is 3. The first-order chi connectivity index (χ1) is 13.3. The molecule has 2 aromatic carbocycles. The van der Waals surface area contributed by atoms with E-state index >= 15 is 0 Å². The Morgan fingerprint density at radius 3 is 2.32 bits per heavy atom. The molecule has 6 nitrogen and oxygen atoms in total. The van der Waals surface area contributed by atoms with E-state index in [1.54, 1.807) is 30.5 Å². The number of hydrogen-bond donors (Lipinski definition) is 2. The minimum Gasteiger partial charge on any atom is -0.491 e. The second-order valence-electron chi connectivity index (χ2n) is 6.67. The number of nitrogens with one attached hydrogen (secondary N) is 2. The van der Waals surface area contributed by atoms with Crippen LogP contribution in [-0.4, -0.2) is 19.5 Å². The molecule has 2 N–H and O–H groups in total. The predicted octanol–water partition coefficient (Wildman–Crippen LogP) is 4.72. The molecule has 3 aromatic rings. The molecule has 0 saturated carbocycles. The third-order valence-corrected chi connectivity index (χ3v) is 5.19. The van der Waals surface area contributed by atoms with Gasteiger partial charge in [0.05, 0.1) is 22.9 Å². The molecule has 146 valence electrons. The SMILES string of the molecule is Cc1cccc(Nc2ccc(NS(=O)(=O)c3ccc(OC(C)C)cc3)nc2)c1. The number of sulfonamides is 1. The van der Waals surface area contributed by atoms with Gasteiger partial charge in [-0.25, -0.2) is 13.4 Å². The fourth-order valence-corrected chi connectivity index (χ4v) is 3.59. The van der Waals surface area contributed by atoms with Gasteiger partial charge in [-0.3, -0.25) is 4.72 Å². The summed E-state index contributed by atoms with van der Waals surface area (Å²) in [5.74, 6) is 0.871. The van der Waals surface area contributed by atoms with Gasteiger partial charge in [-0.1, -0.05) is 12.1 Å². The molecule has 0 atom stereocenters. The van der Waals surface area contributed by atoms with Gasteiger partial charge in [0.1, 0.15) is 11.6 Å². The van der Waals surface area contributed by atoms with Crippen LogP contribution in [0.15, 0.2) is 71.8 Å². The molecule has 0 aliphatic carbocycles. The number of benzene rings is 2. The predicted molar refractivity (Wildman–Crippen MR) is 112 cm³/mol. The highest BCUT2D eigenvalue weighted by Crippen LogP contribution is 2.21. The van der Waals surface area contributed by atoms with Gasteiger partial charge in [-0.2, -0.15) is 0 Å². The average Bonchev–Trinajstić information content (AvgIpc) is 2.63. The van der Waals surface area contributed by atoms with Crippen molar-refractivity contribution in [3.05, 3.63) is 72.4 Å². The lowest BCUT2D eigenvalue weighted by Gasteiger charge is -2.11. The molecule has 0 unspecified atom stereocenters. The van der Waals surface area contributed by atoms with Crippen LogP contribution in [0.4, 0.5) is 17.2 Å². The van der Waals surface area contributed by atoms with Crippen molar-refractivity contribution in [3.63, 3.8) is 0 Å². The third-order valence-electron chi connectivity index (χ3n) is 3.81. The number of pyridine rings is 1. The van der Waals surface area contributed by atoms with E-state index in [9.17, 15) is 8.42 Å². The van der Waals surface area contributed by atoms with E-state index in [0.29, 0.717) is 5.75 Å². The van der Waals surface area contributed by atoms with Gasteiger partial charge in [0.25, 0.3) is 10.0 Å². The topological polar surface area (TPSA) is 80.3 Å². The minimum absolute atomic E-state index is 0.0247. The zero-order chi connectivity index (χ0) is 20.1. The molecule has 3 rings (SSSR count). The summed E-state index contributed by atoms with van der Waals surface area (Å²) in [5.41, 5.74) is 2.86. The van der Waals surface area contributed by atoms with Crippen LogP contribution < -0.4 is 14.8 Å².